The summed E-state index contributed by atoms with van der Waals surface area (Å²) in [6.07, 6.45) is 0. The highest BCUT2D eigenvalue weighted by atomic mass is 15.1. The van der Waals surface area contributed by atoms with Crippen molar-refractivity contribution in [3.63, 3.8) is 0 Å². The first-order chi connectivity index (χ1) is 36.7. The van der Waals surface area contributed by atoms with Crippen molar-refractivity contribution in [3.8, 4) is 61.3 Å². The maximum Gasteiger partial charge on any atom is 0.0541 e. The molecule has 74 heavy (non-hydrogen) atoms. The van der Waals surface area contributed by atoms with E-state index >= 15 is 0 Å². The molecule has 0 aliphatic carbocycles. The number of aromatic nitrogens is 1. The van der Waals surface area contributed by atoms with Gasteiger partial charge in [-0.2, -0.15) is 0 Å². The van der Waals surface area contributed by atoms with Gasteiger partial charge in [0.05, 0.1) is 11.0 Å². The number of nitrogens with zero attached hydrogens (tertiary/aromatic N) is 2. The van der Waals surface area contributed by atoms with E-state index in [2.05, 4.69) is 301 Å². The number of hydrogen-bond donors (Lipinski definition) is 0. The molecular formula is C72H48N2. The summed E-state index contributed by atoms with van der Waals surface area (Å²) in [5, 5.41) is 9.94. The zero-order valence-corrected chi connectivity index (χ0v) is 40.6. The van der Waals surface area contributed by atoms with Gasteiger partial charge in [-0.1, -0.05) is 218 Å². The van der Waals surface area contributed by atoms with Crippen molar-refractivity contribution in [2.75, 3.05) is 4.90 Å². The molecule has 0 saturated heterocycles. The Hall–Kier alpha value is -9.76. The Morgan fingerprint density at radius 3 is 1.45 bits per heavy atom. The Balaban J connectivity index is 0.913. The molecule has 1 aromatic heterocycles. The van der Waals surface area contributed by atoms with E-state index in [9.17, 15) is 0 Å². The molecular weight excluding hydrogens is 893 g/mol. The number of hydrogen-bond acceptors (Lipinski definition) is 1. The van der Waals surface area contributed by atoms with Crippen LogP contribution in [0.3, 0.4) is 0 Å². The van der Waals surface area contributed by atoms with Crippen LogP contribution in [0.1, 0.15) is 0 Å². The number of fused-ring (bicyclic) bond motifs is 7. The monoisotopic (exact) mass is 940 g/mol. The Labute approximate surface area is 430 Å². The topological polar surface area (TPSA) is 8.17 Å². The highest BCUT2D eigenvalue weighted by molar-refractivity contribution is 6.22. The Morgan fingerprint density at radius 1 is 0.230 bits per heavy atom. The van der Waals surface area contributed by atoms with Crippen molar-refractivity contribution in [1.29, 1.82) is 0 Å². The van der Waals surface area contributed by atoms with E-state index in [1.165, 1.54) is 98.6 Å². The summed E-state index contributed by atoms with van der Waals surface area (Å²) < 4.78 is 2.38. The maximum absolute atomic E-state index is 2.41. The summed E-state index contributed by atoms with van der Waals surface area (Å²) >= 11 is 0. The lowest BCUT2D eigenvalue weighted by molar-refractivity contribution is 1.18. The first-order valence-corrected chi connectivity index (χ1v) is 25.5. The molecule has 0 fully saturated rings. The largest absolute Gasteiger partial charge is 0.310 e. The van der Waals surface area contributed by atoms with E-state index in [0.29, 0.717) is 0 Å². The van der Waals surface area contributed by atoms with Crippen LogP contribution >= 0.6 is 0 Å². The first-order valence-electron chi connectivity index (χ1n) is 25.5. The van der Waals surface area contributed by atoms with Gasteiger partial charge in [-0.25, -0.2) is 0 Å². The van der Waals surface area contributed by atoms with Crippen molar-refractivity contribution in [2.24, 2.45) is 0 Å². The summed E-state index contributed by atoms with van der Waals surface area (Å²) in [6, 6.07) is 107. The minimum atomic E-state index is 1.07. The lowest BCUT2D eigenvalue weighted by Crippen LogP contribution is -2.10. The average Bonchev–Trinajstić information content (AvgIpc) is 3.84. The van der Waals surface area contributed by atoms with E-state index in [0.717, 1.165) is 33.9 Å². The lowest BCUT2D eigenvalue weighted by Gasteiger charge is -2.27. The van der Waals surface area contributed by atoms with Crippen molar-refractivity contribution in [3.05, 3.63) is 291 Å². The van der Waals surface area contributed by atoms with E-state index in [-0.39, 0.29) is 0 Å². The van der Waals surface area contributed by atoms with Gasteiger partial charge in [-0.15, -0.1) is 0 Å². The molecule has 0 bridgehead atoms. The SMILES string of the molecule is c1ccc(-c2c(-c3ccccc3)c3cc(-c4ccc(N(c5cccc(-c6ccc7c(c6)c6ccccc6n7-c6ccccc6)c5)c5cccc(-c6cccc7ccccc67)c5)cc4)ccc3c3ccccc23)cc1. The van der Waals surface area contributed by atoms with E-state index in [1.807, 2.05) is 0 Å². The molecule has 1 heterocycles. The summed E-state index contributed by atoms with van der Waals surface area (Å²) in [6.45, 7) is 0. The molecule has 0 spiro atoms. The van der Waals surface area contributed by atoms with Crippen LogP contribution < -0.4 is 4.90 Å². The maximum atomic E-state index is 2.41. The predicted molar refractivity (Wildman–Crippen MR) is 315 cm³/mol. The molecule has 0 atom stereocenters. The van der Waals surface area contributed by atoms with Gasteiger partial charge >= 0.3 is 0 Å². The fourth-order valence-corrected chi connectivity index (χ4v) is 11.6. The van der Waals surface area contributed by atoms with E-state index in [1.54, 1.807) is 0 Å². The summed E-state index contributed by atoms with van der Waals surface area (Å²) in [5.74, 6) is 0. The fourth-order valence-electron chi connectivity index (χ4n) is 11.6. The van der Waals surface area contributed by atoms with Gasteiger partial charge in [0, 0.05) is 33.5 Å². The number of benzene rings is 13. The highest BCUT2D eigenvalue weighted by Crippen LogP contribution is 2.47. The molecule has 0 saturated carbocycles. The molecule has 14 aromatic rings. The van der Waals surface area contributed by atoms with Gasteiger partial charge in [-0.05, 0) is 161 Å². The Bertz CT molecular complexity index is 4400. The second-order valence-corrected chi connectivity index (χ2v) is 19.2. The lowest BCUT2D eigenvalue weighted by atomic mass is 9.84. The molecule has 0 amide bonds. The number of rotatable bonds is 9. The first kappa shape index (κ1) is 43.1. The third-order valence-electron chi connectivity index (χ3n) is 14.9. The molecule has 14 rings (SSSR count). The zero-order chi connectivity index (χ0) is 49.0. The average molecular weight is 941 g/mol. The molecule has 346 valence electrons. The van der Waals surface area contributed by atoms with Crippen LogP contribution in [-0.4, -0.2) is 4.57 Å². The Morgan fingerprint density at radius 2 is 0.703 bits per heavy atom. The molecule has 0 aliphatic heterocycles. The highest BCUT2D eigenvalue weighted by Gasteiger charge is 2.20. The second kappa shape index (κ2) is 18.1. The van der Waals surface area contributed by atoms with Gasteiger partial charge in [-0.3, -0.25) is 0 Å². The fraction of sp³-hybridized carbons (Fsp3) is 0. The van der Waals surface area contributed by atoms with Crippen LogP contribution in [0.25, 0.3) is 115 Å². The molecule has 13 aromatic carbocycles. The van der Waals surface area contributed by atoms with Crippen LogP contribution in [0.5, 0.6) is 0 Å². The van der Waals surface area contributed by atoms with Gasteiger partial charge in [0.2, 0.25) is 0 Å². The standard InChI is InChI=1S/C72H48N2/c1-4-20-51(21-5-1)71-66-34-13-12-32-63(66)64-43-39-54(48-68(64)72(71)52-22-6-2-7-23-52)49-37-41-58(42-38-49)73(60-30-17-26-56(46-60)62-35-18-24-50-19-10-11-31-61(50)62)59-29-16-25-53(45-59)55-40-44-70-67(47-55)65-33-14-15-36-69(65)74(70)57-27-8-3-9-28-57/h1-48H. The van der Waals surface area contributed by atoms with Gasteiger partial charge in [0.1, 0.15) is 0 Å². The van der Waals surface area contributed by atoms with Crippen LogP contribution in [-0.2, 0) is 0 Å². The van der Waals surface area contributed by atoms with Gasteiger partial charge in [0.25, 0.3) is 0 Å². The summed E-state index contributed by atoms with van der Waals surface area (Å²) in [4.78, 5) is 2.41. The normalized spacial score (nSPS) is 11.5. The van der Waals surface area contributed by atoms with Crippen molar-refractivity contribution in [2.45, 2.75) is 0 Å². The summed E-state index contributed by atoms with van der Waals surface area (Å²) in [5.41, 5.74) is 18.8. The molecule has 0 radical (unpaired) electrons. The molecule has 0 aliphatic rings. The van der Waals surface area contributed by atoms with Crippen LogP contribution in [0, 0.1) is 0 Å². The summed E-state index contributed by atoms with van der Waals surface area (Å²) in [7, 11) is 0. The van der Waals surface area contributed by atoms with Crippen molar-refractivity contribution < 1.29 is 0 Å². The smallest absolute Gasteiger partial charge is 0.0541 e. The third-order valence-corrected chi connectivity index (χ3v) is 14.9. The Kier molecular flexibility index (Phi) is 10.6. The van der Waals surface area contributed by atoms with E-state index in [4.69, 9.17) is 0 Å². The van der Waals surface area contributed by atoms with Crippen molar-refractivity contribution in [1.82, 2.24) is 4.57 Å². The molecule has 0 N–H and O–H groups in total. The minimum absolute atomic E-state index is 1.07. The molecule has 2 nitrogen and oxygen atoms in total. The molecule has 0 unspecified atom stereocenters. The predicted octanol–water partition coefficient (Wildman–Crippen LogP) is 20.0. The quantitative estimate of drug-likeness (QED) is 0.131. The number of para-hydroxylation sites is 2. The van der Waals surface area contributed by atoms with Gasteiger partial charge < -0.3 is 9.47 Å². The zero-order valence-electron chi connectivity index (χ0n) is 40.6. The number of anilines is 3. The van der Waals surface area contributed by atoms with E-state index < -0.39 is 0 Å². The van der Waals surface area contributed by atoms with Gasteiger partial charge in [0.15, 0.2) is 0 Å². The third kappa shape index (κ3) is 7.43. The minimum Gasteiger partial charge on any atom is -0.310 e. The second-order valence-electron chi connectivity index (χ2n) is 19.2. The van der Waals surface area contributed by atoms with Crippen molar-refractivity contribution >= 4 is 71.2 Å². The van der Waals surface area contributed by atoms with Crippen LogP contribution in [0.15, 0.2) is 291 Å². The molecule has 2 heteroatoms. The van der Waals surface area contributed by atoms with Crippen LogP contribution in [0.2, 0.25) is 0 Å². The van der Waals surface area contributed by atoms with Crippen LogP contribution in [0.4, 0.5) is 17.1 Å².